The van der Waals surface area contributed by atoms with Gasteiger partial charge in [0.25, 0.3) is 5.91 Å². The molecule has 0 aliphatic heterocycles. The Morgan fingerprint density at radius 2 is 1.81 bits per heavy atom. The van der Waals surface area contributed by atoms with Crippen LogP contribution in [0.2, 0.25) is 0 Å². The Morgan fingerprint density at radius 1 is 1.15 bits per heavy atom. The van der Waals surface area contributed by atoms with Gasteiger partial charge in [-0.25, -0.2) is 0 Å². The fraction of sp³-hybridized carbons (Fsp3) is 0.150. The second-order valence-electron chi connectivity index (χ2n) is 6.30. The van der Waals surface area contributed by atoms with Gasteiger partial charge in [0.1, 0.15) is 17.4 Å². The van der Waals surface area contributed by atoms with E-state index in [1.807, 2.05) is 6.07 Å². The number of nitrogens with zero attached hydrogens (tertiary/aromatic N) is 1. The van der Waals surface area contributed by atoms with Crippen LogP contribution >= 0.6 is 0 Å². The van der Waals surface area contributed by atoms with Gasteiger partial charge in [0.15, 0.2) is 0 Å². The molecule has 0 aliphatic rings. The summed E-state index contributed by atoms with van der Waals surface area (Å²) in [5, 5.41) is 12.3. The Labute approximate surface area is 155 Å². The largest absolute Gasteiger partial charge is 0.508 e. The maximum absolute atomic E-state index is 12.7. The van der Waals surface area contributed by atoms with Crippen LogP contribution in [0.1, 0.15) is 15.9 Å². The molecule has 0 saturated carbocycles. The number of aromatic hydroxyl groups is 1. The van der Waals surface area contributed by atoms with Crippen molar-refractivity contribution in [1.82, 2.24) is 9.88 Å². The van der Waals surface area contributed by atoms with Crippen molar-refractivity contribution in [1.29, 1.82) is 0 Å². The van der Waals surface area contributed by atoms with Crippen LogP contribution in [-0.2, 0) is 18.3 Å². The van der Waals surface area contributed by atoms with Crippen LogP contribution in [-0.4, -0.2) is 27.5 Å². The molecule has 0 bridgehead atoms. The average molecular weight is 365 g/mol. The highest BCUT2D eigenvalue weighted by Crippen LogP contribution is 2.13. The molecule has 7 nitrogen and oxygen atoms in total. The zero-order valence-electron chi connectivity index (χ0n) is 14.7. The quantitative estimate of drug-likeness (QED) is 0.627. The third kappa shape index (κ3) is 3.82. The normalized spacial score (nSPS) is 11.9. The first-order chi connectivity index (χ1) is 12.9. The number of aryl methyl sites for hydroxylation is 1. The summed E-state index contributed by atoms with van der Waals surface area (Å²) < 4.78 is 1.69. The zero-order chi connectivity index (χ0) is 19.6. The summed E-state index contributed by atoms with van der Waals surface area (Å²) in [6, 6.07) is 12.2. The molecule has 1 aromatic heterocycles. The van der Waals surface area contributed by atoms with Crippen LogP contribution in [0, 0.1) is 0 Å². The molecule has 1 atom stereocenters. The molecule has 7 heteroatoms. The number of fused-ring (bicyclic) bond motifs is 1. The molecule has 4 N–H and O–H groups in total. The lowest BCUT2D eigenvalue weighted by Crippen LogP contribution is -2.47. The second-order valence-corrected chi connectivity index (χ2v) is 6.30. The minimum Gasteiger partial charge on any atom is -0.508 e. The topological polar surface area (TPSA) is 114 Å². The summed E-state index contributed by atoms with van der Waals surface area (Å²) in [5.41, 5.74) is 6.36. The number of aromatic nitrogens is 1. The number of phenols is 1. The van der Waals surface area contributed by atoms with Gasteiger partial charge >= 0.3 is 0 Å². The van der Waals surface area contributed by atoms with Crippen molar-refractivity contribution >= 4 is 22.7 Å². The summed E-state index contributed by atoms with van der Waals surface area (Å²) in [5.74, 6) is -1.28. The van der Waals surface area contributed by atoms with Gasteiger partial charge in [-0.3, -0.25) is 14.4 Å². The molecule has 0 aliphatic carbocycles. The Hall–Kier alpha value is -3.61. The predicted molar refractivity (Wildman–Crippen MR) is 101 cm³/mol. The highest BCUT2D eigenvalue weighted by atomic mass is 16.3. The minimum atomic E-state index is -0.988. The maximum atomic E-state index is 12.7. The molecular formula is C20H19N3O4. The van der Waals surface area contributed by atoms with E-state index in [1.165, 1.54) is 18.3 Å². The number of phenolic OH excluding ortho intramolecular Hbond substituents is 1. The molecule has 27 heavy (non-hydrogen) atoms. The summed E-state index contributed by atoms with van der Waals surface area (Å²) in [7, 11) is 1.74. The van der Waals surface area contributed by atoms with E-state index in [9.17, 15) is 19.5 Å². The number of rotatable bonds is 5. The number of carbonyl (C=O) groups is 2. The van der Waals surface area contributed by atoms with Gasteiger partial charge in [-0.05, 0) is 29.8 Å². The summed E-state index contributed by atoms with van der Waals surface area (Å²) in [6.07, 6.45) is 1.59. The monoisotopic (exact) mass is 365 g/mol. The van der Waals surface area contributed by atoms with E-state index in [1.54, 1.807) is 41.9 Å². The molecular weight excluding hydrogens is 346 g/mol. The number of hydrogen-bond acceptors (Lipinski definition) is 4. The fourth-order valence-corrected chi connectivity index (χ4v) is 2.93. The number of amides is 2. The highest BCUT2D eigenvalue weighted by Gasteiger charge is 2.22. The average Bonchev–Trinajstić information content (AvgIpc) is 2.65. The second kappa shape index (κ2) is 7.33. The van der Waals surface area contributed by atoms with E-state index in [0.29, 0.717) is 16.5 Å². The van der Waals surface area contributed by atoms with E-state index in [0.717, 1.165) is 0 Å². The number of para-hydroxylation sites is 1. The lowest BCUT2D eigenvalue weighted by atomic mass is 10.0. The van der Waals surface area contributed by atoms with Gasteiger partial charge in [-0.2, -0.15) is 0 Å². The summed E-state index contributed by atoms with van der Waals surface area (Å²) in [4.78, 5) is 37.1. The Morgan fingerprint density at radius 3 is 2.48 bits per heavy atom. The molecule has 0 saturated heterocycles. The molecule has 138 valence electrons. The molecule has 3 rings (SSSR count). The van der Waals surface area contributed by atoms with Crippen molar-refractivity contribution < 1.29 is 14.7 Å². The van der Waals surface area contributed by atoms with E-state index in [4.69, 9.17) is 5.73 Å². The van der Waals surface area contributed by atoms with Gasteiger partial charge < -0.3 is 20.7 Å². The van der Waals surface area contributed by atoms with Crippen LogP contribution < -0.4 is 16.5 Å². The van der Waals surface area contributed by atoms with Crippen LogP contribution in [0.3, 0.4) is 0 Å². The van der Waals surface area contributed by atoms with Gasteiger partial charge in [0.2, 0.25) is 11.3 Å². The number of carbonyl (C=O) groups excluding carboxylic acids is 2. The fourth-order valence-electron chi connectivity index (χ4n) is 2.93. The van der Waals surface area contributed by atoms with Crippen molar-refractivity contribution in [2.75, 3.05) is 0 Å². The Kier molecular flexibility index (Phi) is 4.94. The van der Waals surface area contributed by atoms with Gasteiger partial charge in [-0.15, -0.1) is 0 Å². The van der Waals surface area contributed by atoms with Crippen LogP contribution in [0.4, 0.5) is 0 Å². The number of pyridine rings is 1. The molecule has 2 aromatic carbocycles. The molecule has 0 unspecified atom stereocenters. The van der Waals surface area contributed by atoms with Gasteiger partial charge in [0, 0.05) is 25.1 Å². The molecule has 1 heterocycles. The van der Waals surface area contributed by atoms with E-state index >= 15 is 0 Å². The lowest BCUT2D eigenvalue weighted by molar-refractivity contribution is -0.119. The van der Waals surface area contributed by atoms with E-state index in [-0.39, 0.29) is 17.7 Å². The third-order valence-corrected chi connectivity index (χ3v) is 4.37. The minimum absolute atomic E-state index is 0.0619. The Balaban J connectivity index is 1.89. The third-order valence-electron chi connectivity index (χ3n) is 4.37. The van der Waals surface area contributed by atoms with Gasteiger partial charge in [0.05, 0.1) is 5.52 Å². The predicted octanol–water partition coefficient (Wildman–Crippen LogP) is 1.07. The number of nitrogens with two attached hydrogens (primary N) is 1. The number of hydrogen-bond donors (Lipinski definition) is 3. The first-order valence-electron chi connectivity index (χ1n) is 8.33. The highest BCUT2D eigenvalue weighted by molar-refractivity contribution is 5.99. The SMILES string of the molecule is Cn1cc(C(=O)N[C@@H](Cc2ccc(O)cc2)C(N)=O)c(=O)c2ccccc21. The molecule has 2 amide bonds. The first-order valence-corrected chi connectivity index (χ1v) is 8.33. The standard InChI is InChI=1S/C20H19N3O4/c1-23-11-15(18(25)14-4-2-3-5-17(14)23)20(27)22-16(19(21)26)10-12-6-8-13(24)9-7-12/h2-9,11,16,24H,10H2,1H3,(H2,21,26)(H,22,27)/t16-/m0/s1. The molecule has 0 radical (unpaired) electrons. The lowest BCUT2D eigenvalue weighted by Gasteiger charge is -2.16. The van der Waals surface area contributed by atoms with Crippen LogP contribution in [0.15, 0.2) is 59.5 Å². The van der Waals surface area contributed by atoms with Crippen molar-refractivity contribution in [3.8, 4) is 5.75 Å². The van der Waals surface area contributed by atoms with Crippen LogP contribution in [0.25, 0.3) is 10.9 Å². The molecule has 0 spiro atoms. The smallest absolute Gasteiger partial charge is 0.257 e. The summed E-state index contributed by atoms with van der Waals surface area (Å²) in [6.45, 7) is 0. The van der Waals surface area contributed by atoms with Crippen molar-refractivity contribution in [3.63, 3.8) is 0 Å². The molecule has 0 fully saturated rings. The van der Waals surface area contributed by atoms with Crippen molar-refractivity contribution in [3.05, 3.63) is 76.1 Å². The van der Waals surface area contributed by atoms with Gasteiger partial charge in [-0.1, -0.05) is 24.3 Å². The molecule has 3 aromatic rings. The van der Waals surface area contributed by atoms with Crippen molar-refractivity contribution in [2.24, 2.45) is 12.8 Å². The number of primary amides is 1. The maximum Gasteiger partial charge on any atom is 0.257 e. The van der Waals surface area contributed by atoms with Crippen molar-refractivity contribution in [2.45, 2.75) is 12.5 Å². The van der Waals surface area contributed by atoms with E-state index < -0.39 is 23.3 Å². The number of nitrogens with one attached hydrogen (secondary N) is 1. The number of benzene rings is 2. The Bertz CT molecular complexity index is 1070. The van der Waals surface area contributed by atoms with E-state index in [2.05, 4.69) is 5.32 Å². The van der Waals surface area contributed by atoms with Crippen LogP contribution in [0.5, 0.6) is 5.75 Å². The first kappa shape index (κ1) is 18.2. The summed E-state index contributed by atoms with van der Waals surface area (Å²) >= 11 is 0. The zero-order valence-corrected chi connectivity index (χ0v) is 14.7.